The molecule has 2 aromatic rings. The van der Waals surface area contributed by atoms with Crippen LogP contribution in [0.1, 0.15) is 0 Å². The van der Waals surface area contributed by atoms with Gasteiger partial charge in [-0.25, -0.2) is 0 Å². The summed E-state index contributed by atoms with van der Waals surface area (Å²) in [4.78, 5) is 1.86. The van der Waals surface area contributed by atoms with Crippen LogP contribution in [0, 0.1) is 0 Å². The first-order valence-electron chi connectivity index (χ1n) is 5.70. The summed E-state index contributed by atoms with van der Waals surface area (Å²) in [5.74, 6) is 0.731. The topological polar surface area (TPSA) is 40.5 Å². The number of rotatable bonds is 2. The van der Waals surface area contributed by atoms with Gasteiger partial charge in [0, 0.05) is 9.79 Å². The van der Waals surface area contributed by atoms with E-state index in [9.17, 15) is 0 Å². The SMILES string of the molecule is CSc1ccccc1O.CSc1ccccc1O.[Cl][Zr][Cl]. The molecule has 2 rings (SSSR count). The number of halogens is 2. The molecule has 0 atom stereocenters. The van der Waals surface area contributed by atoms with Crippen molar-refractivity contribution in [2.75, 3.05) is 12.5 Å². The standard InChI is InChI=1S/2C7H8OS.2ClH.Zr/c2*1-9-7-5-3-2-4-6(7)8;;;/h2*2-5,8H,1H3;2*1H;/q;;;;+2/p-2. The second-order valence-corrected chi connectivity index (χ2v) is 8.84. The van der Waals surface area contributed by atoms with Crippen LogP contribution in [0.2, 0.25) is 0 Å². The van der Waals surface area contributed by atoms with Gasteiger partial charge in [0.1, 0.15) is 11.5 Å². The van der Waals surface area contributed by atoms with Crippen molar-refractivity contribution in [3.63, 3.8) is 0 Å². The van der Waals surface area contributed by atoms with Gasteiger partial charge in [0.2, 0.25) is 0 Å². The summed E-state index contributed by atoms with van der Waals surface area (Å²) in [6.07, 6.45) is 3.88. The van der Waals surface area contributed by atoms with Crippen molar-refractivity contribution in [2.24, 2.45) is 0 Å². The summed E-state index contributed by atoms with van der Waals surface area (Å²) in [6.45, 7) is 0. The summed E-state index contributed by atoms with van der Waals surface area (Å²) in [5, 5.41) is 18.2. The molecule has 0 heterocycles. The quantitative estimate of drug-likeness (QED) is 0.594. The Morgan fingerprint density at radius 3 is 1.24 bits per heavy atom. The first-order chi connectivity index (χ1) is 10.1. The number of hydrogen-bond donors (Lipinski definition) is 2. The van der Waals surface area contributed by atoms with Crippen LogP contribution in [0.4, 0.5) is 0 Å². The third kappa shape index (κ3) is 9.75. The zero-order valence-corrected chi connectivity index (χ0v) is 17.2. The van der Waals surface area contributed by atoms with E-state index in [-0.39, 0.29) is 0 Å². The average Bonchev–Trinajstić information content (AvgIpc) is 2.50. The van der Waals surface area contributed by atoms with Gasteiger partial charge in [-0.1, -0.05) is 24.3 Å². The number of aromatic hydroxyl groups is 2. The number of phenols is 2. The molecule has 0 radical (unpaired) electrons. The first kappa shape index (κ1) is 21.2. The van der Waals surface area contributed by atoms with E-state index in [0.29, 0.717) is 11.5 Å². The fourth-order valence-electron chi connectivity index (χ4n) is 1.26. The van der Waals surface area contributed by atoms with Crippen LogP contribution in [0.3, 0.4) is 0 Å². The Hall–Kier alpha value is 0.203. The van der Waals surface area contributed by atoms with Gasteiger partial charge in [-0.3, -0.25) is 0 Å². The normalized spacial score (nSPS) is 8.76. The van der Waals surface area contributed by atoms with Crippen LogP contribution < -0.4 is 0 Å². The summed E-state index contributed by atoms with van der Waals surface area (Å²) < 4.78 is 0. The van der Waals surface area contributed by atoms with Crippen molar-refractivity contribution in [2.45, 2.75) is 9.79 Å². The molecule has 0 aliphatic heterocycles. The molecular weight excluding hydrogens is 426 g/mol. The minimum atomic E-state index is -0.826. The predicted octanol–water partition coefficient (Wildman–Crippen LogP) is 5.60. The molecule has 0 aliphatic rings. The molecule has 7 heteroatoms. The molecule has 21 heavy (non-hydrogen) atoms. The zero-order chi connectivity index (χ0) is 16.1. The van der Waals surface area contributed by atoms with E-state index in [4.69, 9.17) is 27.2 Å². The predicted molar refractivity (Wildman–Crippen MR) is 91.5 cm³/mol. The Bertz CT molecular complexity index is 470. The number of benzene rings is 2. The van der Waals surface area contributed by atoms with Gasteiger partial charge < -0.3 is 10.2 Å². The van der Waals surface area contributed by atoms with E-state index in [1.807, 2.05) is 48.9 Å². The van der Waals surface area contributed by atoms with Crippen LogP contribution in [0.15, 0.2) is 58.3 Å². The van der Waals surface area contributed by atoms with Crippen molar-refractivity contribution < 1.29 is 31.1 Å². The van der Waals surface area contributed by atoms with Crippen molar-refractivity contribution >= 4 is 40.5 Å². The third-order valence-electron chi connectivity index (χ3n) is 2.17. The average molecular weight is 443 g/mol. The maximum absolute atomic E-state index is 9.09. The van der Waals surface area contributed by atoms with Gasteiger partial charge in [-0.15, -0.1) is 23.5 Å². The monoisotopic (exact) mass is 440 g/mol. The van der Waals surface area contributed by atoms with Crippen molar-refractivity contribution in [3.8, 4) is 11.5 Å². The van der Waals surface area contributed by atoms with E-state index >= 15 is 0 Å². The Labute approximate surface area is 152 Å². The zero-order valence-electron chi connectivity index (χ0n) is 11.6. The maximum atomic E-state index is 9.09. The van der Waals surface area contributed by atoms with E-state index in [1.54, 1.807) is 35.7 Å². The summed E-state index contributed by atoms with van der Waals surface area (Å²) >= 11 is 2.27. The fourth-order valence-corrected chi connectivity index (χ4v) is 2.24. The van der Waals surface area contributed by atoms with Gasteiger partial charge in [-0.2, -0.15) is 0 Å². The Morgan fingerprint density at radius 2 is 1.05 bits per heavy atom. The minimum absolute atomic E-state index is 0.366. The van der Waals surface area contributed by atoms with E-state index < -0.39 is 20.8 Å². The van der Waals surface area contributed by atoms with Gasteiger partial charge in [0.25, 0.3) is 0 Å². The van der Waals surface area contributed by atoms with Gasteiger partial charge >= 0.3 is 37.9 Å². The molecule has 0 saturated carbocycles. The van der Waals surface area contributed by atoms with Crippen LogP contribution in [0.25, 0.3) is 0 Å². The van der Waals surface area contributed by atoms with E-state index in [0.717, 1.165) is 9.79 Å². The second-order valence-electron chi connectivity index (χ2n) is 3.42. The molecule has 0 saturated heterocycles. The number of phenolic OH excluding ortho intramolecular Hbond substituents is 2. The molecule has 0 bridgehead atoms. The molecule has 0 unspecified atom stereocenters. The second kappa shape index (κ2) is 13.8. The van der Waals surface area contributed by atoms with Crippen molar-refractivity contribution in [3.05, 3.63) is 48.5 Å². The summed E-state index contributed by atoms with van der Waals surface area (Å²) in [5.41, 5.74) is 0. The number of hydrogen-bond acceptors (Lipinski definition) is 4. The molecular formula is C14H16Cl2O2S2Zr. The Morgan fingerprint density at radius 1 is 0.762 bits per heavy atom. The van der Waals surface area contributed by atoms with Crippen LogP contribution in [0.5, 0.6) is 11.5 Å². The molecule has 0 aromatic heterocycles. The van der Waals surface area contributed by atoms with Crippen LogP contribution in [-0.4, -0.2) is 22.7 Å². The number of para-hydroxylation sites is 2. The summed E-state index contributed by atoms with van der Waals surface area (Å²) in [6, 6.07) is 14.6. The van der Waals surface area contributed by atoms with Gasteiger partial charge in [-0.05, 0) is 36.8 Å². The molecule has 2 aromatic carbocycles. The van der Waals surface area contributed by atoms with Gasteiger partial charge in [0.15, 0.2) is 0 Å². The van der Waals surface area contributed by atoms with Crippen LogP contribution in [-0.2, 0) is 20.8 Å². The third-order valence-corrected chi connectivity index (χ3v) is 3.74. The van der Waals surface area contributed by atoms with Crippen molar-refractivity contribution in [1.29, 1.82) is 0 Å². The van der Waals surface area contributed by atoms with Crippen molar-refractivity contribution in [1.82, 2.24) is 0 Å². The molecule has 0 amide bonds. The molecule has 2 nitrogen and oxygen atoms in total. The van der Waals surface area contributed by atoms with E-state index in [2.05, 4.69) is 0 Å². The Balaban J connectivity index is 0.000000322. The first-order valence-corrected chi connectivity index (χ1v) is 14.5. The Kier molecular flexibility index (Phi) is 14.0. The van der Waals surface area contributed by atoms with Crippen LogP contribution >= 0.6 is 40.5 Å². The van der Waals surface area contributed by atoms with Gasteiger partial charge in [0.05, 0.1) is 0 Å². The van der Waals surface area contributed by atoms with E-state index in [1.165, 1.54) is 0 Å². The molecule has 0 fully saturated rings. The fraction of sp³-hybridized carbons (Fsp3) is 0.143. The number of thioether (sulfide) groups is 2. The molecule has 0 spiro atoms. The molecule has 2 N–H and O–H groups in total. The summed E-state index contributed by atoms with van der Waals surface area (Å²) in [7, 11) is 9.87. The molecule has 114 valence electrons. The molecule has 0 aliphatic carbocycles.